The number of anilines is 1. The van der Waals surface area contributed by atoms with Crippen LogP contribution in [0.15, 0.2) is 57.0 Å². The molecule has 27 heavy (non-hydrogen) atoms. The van der Waals surface area contributed by atoms with Crippen molar-refractivity contribution in [3.05, 3.63) is 48.3 Å². The molecule has 2 aromatic carbocycles. The van der Waals surface area contributed by atoms with Crippen LogP contribution in [0.25, 0.3) is 11.1 Å². The summed E-state index contributed by atoms with van der Waals surface area (Å²) in [4.78, 5) is 16.3. The zero-order valence-corrected chi connectivity index (χ0v) is 16.1. The first kappa shape index (κ1) is 19.3. The number of aromatic nitrogens is 1. The molecular formula is C17H16FN3O4S2. The summed E-state index contributed by atoms with van der Waals surface area (Å²) in [7, 11) is -0.682. The summed E-state index contributed by atoms with van der Waals surface area (Å²) in [6.07, 6.45) is 0. The molecule has 0 radical (unpaired) electrons. The van der Waals surface area contributed by atoms with E-state index in [9.17, 15) is 17.6 Å². The predicted molar refractivity (Wildman–Crippen MR) is 101 cm³/mol. The van der Waals surface area contributed by atoms with Gasteiger partial charge in [-0.05, 0) is 36.4 Å². The number of hydrogen-bond donors (Lipinski definition) is 1. The summed E-state index contributed by atoms with van der Waals surface area (Å²) in [6.45, 7) is 0. The van der Waals surface area contributed by atoms with Crippen molar-refractivity contribution in [3.63, 3.8) is 0 Å². The lowest BCUT2D eigenvalue weighted by molar-refractivity contribution is -0.113. The van der Waals surface area contributed by atoms with E-state index >= 15 is 0 Å². The smallest absolute Gasteiger partial charge is 0.257 e. The standard InChI is InChI=1S/C17H16FN3O4S2/c1-21(2)27(23,24)13-6-7-15-14(9-13)20-17(25-15)26-10-16(22)19-12-5-3-4-11(18)8-12/h3-9H,10H2,1-2H3,(H,19,22). The lowest BCUT2D eigenvalue weighted by atomic mass is 10.3. The van der Waals surface area contributed by atoms with Gasteiger partial charge < -0.3 is 9.73 Å². The van der Waals surface area contributed by atoms with Gasteiger partial charge in [0, 0.05) is 19.8 Å². The molecule has 10 heteroatoms. The molecule has 0 unspecified atom stereocenters. The summed E-state index contributed by atoms with van der Waals surface area (Å²) in [5.41, 5.74) is 1.16. The molecule has 0 saturated carbocycles. The molecule has 0 aliphatic heterocycles. The van der Waals surface area contributed by atoms with Crippen LogP contribution in [0.5, 0.6) is 0 Å². The highest BCUT2D eigenvalue weighted by molar-refractivity contribution is 7.99. The molecule has 142 valence electrons. The minimum Gasteiger partial charge on any atom is -0.431 e. The number of benzene rings is 2. The molecule has 1 N–H and O–H groups in total. The Balaban J connectivity index is 1.70. The molecule has 7 nitrogen and oxygen atoms in total. The second-order valence-electron chi connectivity index (χ2n) is 5.74. The van der Waals surface area contributed by atoms with Gasteiger partial charge in [0.2, 0.25) is 15.9 Å². The number of sulfonamides is 1. The molecule has 0 atom stereocenters. The Labute approximate surface area is 159 Å². The van der Waals surface area contributed by atoms with E-state index < -0.39 is 15.8 Å². The summed E-state index contributed by atoms with van der Waals surface area (Å²) in [5, 5.41) is 2.81. The van der Waals surface area contributed by atoms with E-state index in [0.29, 0.717) is 16.8 Å². The van der Waals surface area contributed by atoms with Crippen LogP contribution in [0, 0.1) is 5.82 Å². The van der Waals surface area contributed by atoms with Crippen LogP contribution >= 0.6 is 11.8 Å². The van der Waals surface area contributed by atoms with Gasteiger partial charge in [-0.25, -0.2) is 22.1 Å². The maximum Gasteiger partial charge on any atom is 0.257 e. The maximum atomic E-state index is 13.1. The van der Waals surface area contributed by atoms with Crippen molar-refractivity contribution in [3.8, 4) is 0 Å². The summed E-state index contributed by atoms with van der Waals surface area (Å²) < 4.78 is 44.1. The van der Waals surface area contributed by atoms with E-state index in [2.05, 4.69) is 10.3 Å². The lowest BCUT2D eigenvalue weighted by Gasteiger charge is -2.10. The van der Waals surface area contributed by atoms with Crippen molar-refractivity contribution in [2.24, 2.45) is 0 Å². The number of halogens is 1. The number of nitrogens with one attached hydrogen (secondary N) is 1. The Morgan fingerprint density at radius 2 is 2.04 bits per heavy atom. The van der Waals surface area contributed by atoms with Gasteiger partial charge in [-0.3, -0.25) is 4.79 Å². The monoisotopic (exact) mass is 409 g/mol. The first-order valence-electron chi connectivity index (χ1n) is 7.77. The van der Waals surface area contributed by atoms with Gasteiger partial charge in [0.25, 0.3) is 5.22 Å². The lowest BCUT2D eigenvalue weighted by Crippen LogP contribution is -2.22. The second kappa shape index (κ2) is 7.67. The number of carbonyl (C=O) groups excluding carboxylic acids is 1. The number of thioether (sulfide) groups is 1. The molecule has 0 aliphatic carbocycles. The van der Waals surface area contributed by atoms with Crippen LogP contribution in [0.3, 0.4) is 0 Å². The Hall–Kier alpha value is -2.43. The van der Waals surface area contributed by atoms with Crippen molar-refractivity contribution in [2.45, 2.75) is 10.1 Å². The highest BCUT2D eigenvalue weighted by atomic mass is 32.2. The van der Waals surface area contributed by atoms with Crippen molar-refractivity contribution in [1.29, 1.82) is 0 Å². The van der Waals surface area contributed by atoms with Crippen molar-refractivity contribution in [1.82, 2.24) is 9.29 Å². The molecule has 1 aromatic heterocycles. The van der Waals surface area contributed by atoms with Crippen molar-refractivity contribution < 1.29 is 22.0 Å². The Morgan fingerprint density at radius 1 is 1.26 bits per heavy atom. The van der Waals surface area contributed by atoms with Gasteiger partial charge >= 0.3 is 0 Å². The number of oxazole rings is 1. The van der Waals surface area contributed by atoms with Crippen LogP contribution in [0.1, 0.15) is 0 Å². The Morgan fingerprint density at radius 3 is 2.74 bits per heavy atom. The summed E-state index contributed by atoms with van der Waals surface area (Å²) >= 11 is 1.05. The van der Waals surface area contributed by atoms with E-state index in [1.165, 1.54) is 50.5 Å². The largest absolute Gasteiger partial charge is 0.431 e. The number of nitrogens with zero attached hydrogens (tertiary/aromatic N) is 2. The zero-order valence-electron chi connectivity index (χ0n) is 14.5. The van der Waals surface area contributed by atoms with Crippen LogP contribution in [-0.4, -0.2) is 43.5 Å². The molecule has 3 aromatic rings. The highest BCUT2D eigenvalue weighted by Gasteiger charge is 2.19. The number of hydrogen-bond acceptors (Lipinski definition) is 6. The minimum absolute atomic E-state index is 0.00614. The van der Waals surface area contributed by atoms with E-state index in [1.54, 1.807) is 6.07 Å². The molecular weight excluding hydrogens is 393 g/mol. The predicted octanol–water partition coefficient (Wildman–Crippen LogP) is 2.95. The average Bonchev–Trinajstić information content (AvgIpc) is 3.02. The van der Waals surface area contributed by atoms with Gasteiger partial charge in [0.1, 0.15) is 11.3 Å². The fourth-order valence-electron chi connectivity index (χ4n) is 2.21. The second-order valence-corrected chi connectivity index (χ2v) is 8.82. The maximum absolute atomic E-state index is 13.1. The first-order valence-corrected chi connectivity index (χ1v) is 10.2. The van der Waals surface area contributed by atoms with Gasteiger partial charge in [-0.2, -0.15) is 0 Å². The molecule has 0 spiro atoms. The van der Waals surface area contributed by atoms with Crippen LogP contribution in [0.2, 0.25) is 0 Å². The molecule has 0 saturated heterocycles. The van der Waals surface area contributed by atoms with Gasteiger partial charge in [-0.15, -0.1) is 0 Å². The van der Waals surface area contributed by atoms with Crippen LogP contribution in [0.4, 0.5) is 10.1 Å². The third-order valence-electron chi connectivity index (χ3n) is 3.55. The van der Waals surface area contributed by atoms with Crippen molar-refractivity contribution in [2.75, 3.05) is 25.2 Å². The molecule has 0 bridgehead atoms. The van der Waals surface area contributed by atoms with Crippen molar-refractivity contribution >= 4 is 44.5 Å². The van der Waals surface area contributed by atoms with Gasteiger partial charge in [-0.1, -0.05) is 17.8 Å². The third kappa shape index (κ3) is 4.46. The summed E-state index contributed by atoms with van der Waals surface area (Å²) in [6, 6.07) is 9.97. The fourth-order valence-corrected chi connectivity index (χ4v) is 3.77. The van der Waals surface area contributed by atoms with E-state index in [1.807, 2.05) is 0 Å². The highest BCUT2D eigenvalue weighted by Crippen LogP contribution is 2.26. The molecule has 1 heterocycles. The molecule has 0 fully saturated rings. The molecule has 1 amide bonds. The van der Waals surface area contributed by atoms with E-state index in [-0.39, 0.29) is 21.8 Å². The Bertz CT molecular complexity index is 1100. The number of amides is 1. The van der Waals surface area contributed by atoms with E-state index in [0.717, 1.165) is 16.1 Å². The first-order chi connectivity index (χ1) is 12.8. The minimum atomic E-state index is -3.57. The fraction of sp³-hybridized carbons (Fsp3) is 0.176. The van der Waals surface area contributed by atoms with Crippen LogP contribution in [-0.2, 0) is 14.8 Å². The Kier molecular flexibility index (Phi) is 5.49. The van der Waals surface area contributed by atoms with Gasteiger partial charge in [0.05, 0.1) is 10.6 Å². The third-order valence-corrected chi connectivity index (χ3v) is 6.19. The van der Waals surface area contributed by atoms with Gasteiger partial charge in [0.15, 0.2) is 5.58 Å². The molecule has 3 rings (SSSR count). The van der Waals surface area contributed by atoms with E-state index in [4.69, 9.17) is 4.42 Å². The number of fused-ring (bicyclic) bond motifs is 1. The van der Waals surface area contributed by atoms with Crippen LogP contribution < -0.4 is 5.32 Å². The topological polar surface area (TPSA) is 92.5 Å². The quantitative estimate of drug-likeness (QED) is 0.630. The number of carbonyl (C=O) groups is 1. The zero-order chi connectivity index (χ0) is 19.6. The molecule has 0 aliphatic rings. The normalized spacial score (nSPS) is 11.9. The number of rotatable bonds is 6. The average molecular weight is 409 g/mol. The SMILES string of the molecule is CN(C)S(=O)(=O)c1ccc2oc(SCC(=O)Nc3cccc(F)c3)nc2c1. The summed E-state index contributed by atoms with van der Waals surface area (Å²) in [5.74, 6) is -0.779.